The molecule has 2 aromatic carbocycles. The number of hydrogen-bond acceptors (Lipinski definition) is 4. The Bertz CT molecular complexity index is 978. The molecule has 2 amide bonds. The SMILES string of the molecule is O=C(Cc1ccccc1)Oc1ccc(N2C(=O)[C@@H]3[C@H]4C[C@@H]([C@@H](Br)[C@H]4Br)[C@H]3C2=O)cc1. The summed E-state index contributed by atoms with van der Waals surface area (Å²) in [5.74, 6) is -0.327. The lowest BCUT2D eigenvalue weighted by molar-refractivity contribution is -0.133. The highest BCUT2D eigenvalue weighted by molar-refractivity contribution is 9.12. The molecule has 1 saturated heterocycles. The number of carbonyl (C=O) groups excluding carboxylic acids is 3. The number of rotatable bonds is 4. The number of alkyl halides is 2. The number of halogens is 2. The maximum atomic E-state index is 13.1. The van der Waals surface area contributed by atoms with Crippen LogP contribution in [-0.2, 0) is 20.8 Å². The van der Waals surface area contributed by atoms with E-state index in [0.29, 0.717) is 11.4 Å². The Labute approximate surface area is 191 Å². The molecule has 3 fully saturated rings. The van der Waals surface area contributed by atoms with Crippen LogP contribution in [0.1, 0.15) is 12.0 Å². The van der Waals surface area contributed by atoms with Crippen LogP contribution in [0.4, 0.5) is 5.69 Å². The number of nitrogens with zero attached hydrogens (tertiary/aromatic N) is 1. The number of amides is 2. The molecule has 30 heavy (non-hydrogen) atoms. The molecule has 2 saturated carbocycles. The molecule has 2 aliphatic carbocycles. The molecule has 0 N–H and O–H groups in total. The summed E-state index contributed by atoms with van der Waals surface area (Å²) in [5.41, 5.74) is 1.41. The molecule has 0 aromatic heterocycles. The molecule has 2 aromatic rings. The summed E-state index contributed by atoms with van der Waals surface area (Å²) < 4.78 is 5.40. The zero-order chi connectivity index (χ0) is 21.0. The van der Waals surface area contributed by atoms with Gasteiger partial charge in [0.15, 0.2) is 0 Å². The van der Waals surface area contributed by atoms with E-state index in [9.17, 15) is 14.4 Å². The molecule has 0 unspecified atom stereocenters. The predicted octanol–water partition coefficient (Wildman–Crippen LogP) is 4.12. The Morgan fingerprint density at radius 2 is 1.47 bits per heavy atom. The third-order valence-electron chi connectivity index (χ3n) is 6.50. The first-order chi connectivity index (χ1) is 14.5. The van der Waals surface area contributed by atoms with Crippen LogP contribution < -0.4 is 9.64 Å². The topological polar surface area (TPSA) is 63.7 Å². The Morgan fingerprint density at radius 1 is 0.900 bits per heavy atom. The Morgan fingerprint density at radius 3 is 2.03 bits per heavy atom. The second kappa shape index (κ2) is 7.61. The van der Waals surface area contributed by atoms with E-state index in [4.69, 9.17) is 4.74 Å². The number of esters is 1. The number of carbonyl (C=O) groups is 3. The van der Waals surface area contributed by atoms with Gasteiger partial charge in [-0.1, -0.05) is 62.2 Å². The first-order valence-corrected chi connectivity index (χ1v) is 11.8. The molecule has 7 heteroatoms. The number of ether oxygens (including phenoxy) is 1. The lowest BCUT2D eigenvalue weighted by Gasteiger charge is -2.28. The third kappa shape index (κ3) is 3.14. The average molecular weight is 533 g/mol. The Hall–Kier alpha value is -1.99. The number of imide groups is 1. The van der Waals surface area contributed by atoms with Crippen molar-refractivity contribution in [3.05, 3.63) is 60.2 Å². The number of fused-ring (bicyclic) bond motifs is 5. The first kappa shape index (κ1) is 19.9. The molecule has 0 radical (unpaired) electrons. The summed E-state index contributed by atoms with van der Waals surface area (Å²) in [4.78, 5) is 40.1. The quantitative estimate of drug-likeness (QED) is 0.257. The molecule has 0 spiro atoms. The normalized spacial score (nSPS) is 31.9. The summed E-state index contributed by atoms with van der Waals surface area (Å²) in [6, 6.07) is 16.0. The largest absolute Gasteiger partial charge is 0.426 e. The lowest BCUT2D eigenvalue weighted by atomic mass is 9.81. The van der Waals surface area contributed by atoms with Gasteiger partial charge in [-0.3, -0.25) is 19.3 Å². The van der Waals surface area contributed by atoms with Gasteiger partial charge in [-0.2, -0.15) is 0 Å². The smallest absolute Gasteiger partial charge is 0.315 e. The maximum absolute atomic E-state index is 13.1. The summed E-state index contributed by atoms with van der Waals surface area (Å²) in [5, 5.41) is 0. The summed E-state index contributed by atoms with van der Waals surface area (Å²) in [6.07, 6.45) is 1.09. The average Bonchev–Trinajstić information content (AvgIpc) is 3.34. The van der Waals surface area contributed by atoms with Gasteiger partial charge in [0, 0.05) is 9.65 Å². The van der Waals surface area contributed by atoms with E-state index in [1.165, 1.54) is 4.90 Å². The van der Waals surface area contributed by atoms with Crippen LogP contribution in [0.2, 0.25) is 0 Å². The van der Waals surface area contributed by atoms with Crippen molar-refractivity contribution in [1.29, 1.82) is 0 Å². The number of benzene rings is 2. The van der Waals surface area contributed by atoms with Crippen LogP contribution in [0.5, 0.6) is 5.75 Å². The van der Waals surface area contributed by atoms with Crippen LogP contribution in [0, 0.1) is 23.7 Å². The van der Waals surface area contributed by atoms with Gasteiger partial charge in [-0.15, -0.1) is 0 Å². The second-order valence-electron chi connectivity index (χ2n) is 8.15. The zero-order valence-corrected chi connectivity index (χ0v) is 19.1. The zero-order valence-electron chi connectivity index (χ0n) is 15.9. The summed E-state index contributed by atoms with van der Waals surface area (Å²) in [6.45, 7) is 0. The highest BCUT2D eigenvalue weighted by atomic mass is 79.9. The van der Waals surface area contributed by atoms with Crippen LogP contribution in [-0.4, -0.2) is 27.4 Å². The molecule has 5 nitrogen and oxygen atoms in total. The van der Waals surface area contributed by atoms with Crippen molar-refractivity contribution in [2.45, 2.75) is 22.5 Å². The second-order valence-corrected chi connectivity index (χ2v) is 10.3. The minimum atomic E-state index is -0.361. The molecule has 3 aliphatic rings. The highest BCUT2D eigenvalue weighted by Crippen LogP contribution is 2.60. The van der Waals surface area contributed by atoms with E-state index < -0.39 is 0 Å². The van der Waals surface area contributed by atoms with Gasteiger partial charge in [-0.25, -0.2) is 0 Å². The molecule has 5 rings (SSSR count). The number of anilines is 1. The Kier molecular flexibility index (Phi) is 5.06. The summed E-state index contributed by atoms with van der Waals surface area (Å²) in [7, 11) is 0. The van der Waals surface area contributed by atoms with Crippen LogP contribution in [0.25, 0.3) is 0 Å². The van der Waals surface area contributed by atoms with Crippen molar-refractivity contribution < 1.29 is 19.1 Å². The van der Waals surface area contributed by atoms with Gasteiger partial charge in [0.1, 0.15) is 5.75 Å². The van der Waals surface area contributed by atoms with Gasteiger partial charge < -0.3 is 4.74 Å². The van der Waals surface area contributed by atoms with Crippen molar-refractivity contribution in [1.82, 2.24) is 0 Å². The first-order valence-electron chi connectivity index (χ1n) is 9.96. The fraction of sp³-hybridized carbons (Fsp3) is 0.348. The van der Waals surface area contributed by atoms with Gasteiger partial charge in [0.05, 0.1) is 23.9 Å². The van der Waals surface area contributed by atoms with Crippen molar-refractivity contribution in [2.24, 2.45) is 23.7 Å². The minimum Gasteiger partial charge on any atom is -0.426 e. The van der Waals surface area contributed by atoms with Gasteiger partial charge in [0.25, 0.3) is 0 Å². The van der Waals surface area contributed by atoms with E-state index in [2.05, 4.69) is 31.9 Å². The van der Waals surface area contributed by atoms with E-state index in [-0.39, 0.29) is 57.5 Å². The van der Waals surface area contributed by atoms with Gasteiger partial charge in [-0.05, 0) is 48.1 Å². The molecule has 1 heterocycles. The van der Waals surface area contributed by atoms with Crippen molar-refractivity contribution in [3.63, 3.8) is 0 Å². The van der Waals surface area contributed by atoms with Crippen molar-refractivity contribution >= 4 is 55.3 Å². The number of hydrogen-bond donors (Lipinski definition) is 0. The van der Waals surface area contributed by atoms with Crippen molar-refractivity contribution in [2.75, 3.05) is 4.90 Å². The third-order valence-corrected chi connectivity index (χ3v) is 9.71. The van der Waals surface area contributed by atoms with Gasteiger partial charge in [0.2, 0.25) is 11.8 Å². The van der Waals surface area contributed by atoms with E-state index in [1.807, 2.05) is 30.3 Å². The van der Waals surface area contributed by atoms with Crippen LogP contribution in [0.3, 0.4) is 0 Å². The molecular formula is C23H19Br2NO4. The monoisotopic (exact) mass is 531 g/mol. The van der Waals surface area contributed by atoms with Gasteiger partial charge >= 0.3 is 5.97 Å². The van der Waals surface area contributed by atoms with Crippen molar-refractivity contribution in [3.8, 4) is 5.75 Å². The van der Waals surface area contributed by atoms with E-state index in [0.717, 1.165) is 12.0 Å². The standard InChI is InChI=1S/C23H19Br2NO4/c24-20-15-11-16(21(20)25)19-18(15)22(28)26(23(19)29)13-6-8-14(9-7-13)30-17(27)10-12-4-2-1-3-5-12/h1-9,15-16,18-21H,10-11H2/t15-,16-,18-,19-,20-,21+/m1/s1. The van der Waals surface area contributed by atoms with E-state index in [1.54, 1.807) is 24.3 Å². The molecular weight excluding hydrogens is 514 g/mol. The molecule has 154 valence electrons. The molecule has 1 aliphatic heterocycles. The predicted molar refractivity (Wildman–Crippen MR) is 119 cm³/mol. The Balaban J connectivity index is 1.30. The minimum absolute atomic E-state index is 0.116. The van der Waals surface area contributed by atoms with E-state index >= 15 is 0 Å². The fourth-order valence-electron chi connectivity index (χ4n) is 5.20. The molecule has 6 atom stereocenters. The van der Waals surface area contributed by atoms with Crippen LogP contribution >= 0.6 is 31.9 Å². The lowest BCUT2D eigenvalue weighted by Crippen LogP contribution is -2.37. The van der Waals surface area contributed by atoms with Crippen LogP contribution in [0.15, 0.2) is 54.6 Å². The maximum Gasteiger partial charge on any atom is 0.315 e. The summed E-state index contributed by atoms with van der Waals surface area (Å²) >= 11 is 7.40. The highest BCUT2D eigenvalue weighted by Gasteiger charge is 2.66. The molecule has 2 bridgehead atoms. The fourth-order valence-corrected chi connectivity index (χ4v) is 7.07.